The minimum Gasteiger partial charge on any atom is -0.456 e. The molecule has 10 aromatic rings. The molecule has 1 N–H and O–H groups in total. The van der Waals surface area contributed by atoms with E-state index in [1.807, 2.05) is 54.2 Å². The number of para-hydroxylation sites is 3. The van der Waals surface area contributed by atoms with Crippen LogP contribution >= 0.6 is 23.1 Å². The molecule has 1 radical (unpaired) electrons. The molecule has 6 aromatic carbocycles. The Hall–Kier alpha value is -5.89. The minimum atomic E-state index is 0.599. The molecular weight excluding hydrogens is 655 g/mol. The number of aromatic nitrogens is 3. The minimum absolute atomic E-state index is 0.599. The fraction of sp³-hybridized carbons (Fsp3) is 0.0233. The van der Waals surface area contributed by atoms with E-state index in [-0.39, 0.29) is 0 Å². The first-order chi connectivity index (χ1) is 24.8. The van der Waals surface area contributed by atoms with Crippen LogP contribution in [-0.2, 0) is 5.75 Å². The second-order valence-electron chi connectivity index (χ2n) is 12.2. The van der Waals surface area contributed by atoms with Crippen molar-refractivity contribution in [3.63, 3.8) is 0 Å². The summed E-state index contributed by atoms with van der Waals surface area (Å²) < 4.78 is 14.2. The number of nitrogens with one attached hydrogen (secondary N) is 1. The van der Waals surface area contributed by atoms with Gasteiger partial charge in [-0.1, -0.05) is 97.1 Å². The van der Waals surface area contributed by atoms with Gasteiger partial charge in [-0.05, 0) is 59.0 Å². The number of hydrogen-bond donors (Lipinski definition) is 1. The summed E-state index contributed by atoms with van der Waals surface area (Å²) in [5, 5.41) is 2.20. The number of rotatable bonds is 7. The Morgan fingerprint density at radius 1 is 0.700 bits per heavy atom. The number of oxazole rings is 1. The Labute approximate surface area is 295 Å². The average Bonchev–Trinajstić information content (AvgIpc) is 3.98. The molecule has 10 rings (SSSR count). The Bertz CT molecular complexity index is 2740. The molecule has 0 fully saturated rings. The molecule has 4 heterocycles. The number of fused-ring (bicyclic) bond motifs is 4. The van der Waals surface area contributed by atoms with Crippen LogP contribution in [0, 0.1) is 6.39 Å². The van der Waals surface area contributed by atoms with Crippen LogP contribution in [0.5, 0.6) is 0 Å². The Morgan fingerprint density at radius 3 is 2.36 bits per heavy atom. The van der Waals surface area contributed by atoms with Crippen LogP contribution in [0.1, 0.15) is 5.56 Å². The normalized spacial score (nSPS) is 11.8. The number of thioether (sulfide) groups is 1. The maximum atomic E-state index is 6.76. The molecule has 0 saturated heterocycles. The van der Waals surface area contributed by atoms with Crippen LogP contribution in [-0.4, -0.2) is 15.0 Å². The summed E-state index contributed by atoms with van der Waals surface area (Å²) >= 11 is 3.58. The summed E-state index contributed by atoms with van der Waals surface area (Å²) in [5.74, 6) is 2.23. The van der Waals surface area contributed by atoms with E-state index >= 15 is 0 Å². The maximum absolute atomic E-state index is 6.76. The van der Waals surface area contributed by atoms with E-state index in [2.05, 4.69) is 108 Å². The fourth-order valence-electron chi connectivity index (χ4n) is 6.83. The number of thiophene rings is 1. The molecular formula is C43H26N3O2S2. The van der Waals surface area contributed by atoms with Crippen molar-refractivity contribution in [1.29, 1.82) is 0 Å². The third kappa shape index (κ3) is 4.85. The zero-order valence-electron chi connectivity index (χ0n) is 26.5. The molecule has 0 spiro atoms. The summed E-state index contributed by atoms with van der Waals surface area (Å²) in [6.07, 6.45) is 2.88. The molecule has 0 atom stereocenters. The second kappa shape index (κ2) is 11.9. The van der Waals surface area contributed by atoms with Crippen LogP contribution < -0.4 is 0 Å². The Kier molecular flexibility index (Phi) is 6.92. The first-order valence-electron chi connectivity index (χ1n) is 16.3. The SMILES string of the molecule is [c]1nc2c(-c3ccccc3SCc3ccccc3)c(-c3cc4ccccc4s3)c(-c3cc4ccccc4o3)c(-c3nc4ccccc4[nH]3)c2o1. The standard InChI is InChI=1S/C43H26N3O2S2/c1-2-12-26(13-3-1)24-49-35-21-11-6-16-29(35)37-39(36-23-28-15-5-10-20-34(28)50-36)38(33-22-27-14-4-9-19-32(27)48-33)40(42-41(37)44-25-47-42)43-45-30-17-7-8-18-31(30)46-43/h1-23H,24H2,(H,45,46). The first kappa shape index (κ1) is 29.1. The molecule has 50 heavy (non-hydrogen) atoms. The number of imidazole rings is 1. The lowest BCUT2D eigenvalue weighted by molar-refractivity contribution is 0.591. The highest BCUT2D eigenvalue weighted by Crippen LogP contribution is 2.54. The van der Waals surface area contributed by atoms with Crippen molar-refractivity contribution in [3.05, 3.63) is 151 Å². The highest BCUT2D eigenvalue weighted by molar-refractivity contribution is 7.98. The second-order valence-corrected chi connectivity index (χ2v) is 14.3. The van der Waals surface area contributed by atoms with Crippen LogP contribution in [0.2, 0.25) is 0 Å². The monoisotopic (exact) mass is 680 g/mol. The zero-order valence-corrected chi connectivity index (χ0v) is 28.1. The van der Waals surface area contributed by atoms with E-state index < -0.39 is 0 Å². The summed E-state index contributed by atoms with van der Waals surface area (Å²) in [6.45, 7) is 0. The van der Waals surface area contributed by atoms with Gasteiger partial charge in [-0.15, -0.1) is 23.1 Å². The van der Waals surface area contributed by atoms with Gasteiger partial charge in [0.15, 0.2) is 5.58 Å². The molecule has 0 aliphatic heterocycles. The molecule has 5 nitrogen and oxygen atoms in total. The third-order valence-corrected chi connectivity index (χ3v) is 11.4. The number of furan rings is 1. The lowest BCUT2D eigenvalue weighted by Crippen LogP contribution is -1.97. The van der Waals surface area contributed by atoms with Gasteiger partial charge in [0.05, 0.1) is 16.6 Å². The fourth-order valence-corrected chi connectivity index (χ4v) is 8.97. The number of benzene rings is 6. The third-order valence-electron chi connectivity index (χ3n) is 9.10. The van der Waals surface area contributed by atoms with Gasteiger partial charge >= 0.3 is 0 Å². The van der Waals surface area contributed by atoms with Gasteiger partial charge in [-0.3, -0.25) is 0 Å². The van der Waals surface area contributed by atoms with Crippen LogP contribution in [0.15, 0.2) is 153 Å². The smallest absolute Gasteiger partial charge is 0.284 e. The van der Waals surface area contributed by atoms with Crippen molar-refractivity contribution in [1.82, 2.24) is 15.0 Å². The molecule has 0 aliphatic rings. The summed E-state index contributed by atoms with van der Waals surface area (Å²) in [6, 6.07) is 48.3. The molecule has 0 unspecified atom stereocenters. The Morgan fingerprint density at radius 2 is 1.48 bits per heavy atom. The molecule has 7 heteroatoms. The van der Waals surface area contributed by atoms with Crippen molar-refractivity contribution in [2.24, 2.45) is 0 Å². The van der Waals surface area contributed by atoms with Crippen molar-refractivity contribution in [2.75, 3.05) is 0 Å². The maximum Gasteiger partial charge on any atom is 0.284 e. The van der Waals surface area contributed by atoms with Crippen LogP contribution in [0.3, 0.4) is 0 Å². The van der Waals surface area contributed by atoms with Gasteiger partial charge in [0.2, 0.25) is 0 Å². The summed E-state index contributed by atoms with van der Waals surface area (Å²) in [7, 11) is 0. The van der Waals surface area contributed by atoms with Gasteiger partial charge in [-0.25, -0.2) is 9.97 Å². The van der Waals surface area contributed by atoms with E-state index in [4.69, 9.17) is 18.8 Å². The van der Waals surface area contributed by atoms with Gasteiger partial charge < -0.3 is 13.8 Å². The highest BCUT2D eigenvalue weighted by atomic mass is 32.2. The van der Waals surface area contributed by atoms with Crippen molar-refractivity contribution >= 4 is 66.3 Å². The van der Waals surface area contributed by atoms with Crippen molar-refractivity contribution < 1.29 is 8.83 Å². The van der Waals surface area contributed by atoms with Crippen molar-refractivity contribution in [3.8, 4) is 44.3 Å². The number of H-pyrrole nitrogens is 1. The zero-order chi connectivity index (χ0) is 33.0. The van der Waals surface area contributed by atoms with E-state index in [0.717, 1.165) is 76.6 Å². The molecule has 0 amide bonds. The van der Waals surface area contributed by atoms with Gasteiger partial charge in [0.1, 0.15) is 22.7 Å². The molecule has 0 bridgehead atoms. The summed E-state index contributed by atoms with van der Waals surface area (Å²) in [5.41, 5.74) is 9.94. The quantitative estimate of drug-likeness (QED) is 0.170. The van der Waals surface area contributed by atoms with Crippen molar-refractivity contribution in [2.45, 2.75) is 10.6 Å². The largest absolute Gasteiger partial charge is 0.456 e. The van der Waals surface area contributed by atoms with Crippen LogP contribution in [0.4, 0.5) is 0 Å². The predicted molar refractivity (Wildman–Crippen MR) is 205 cm³/mol. The number of hydrogen-bond acceptors (Lipinski definition) is 6. The number of aromatic amines is 1. The predicted octanol–water partition coefficient (Wildman–Crippen LogP) is 12.4. The first-order valence-corrected chi connectivity index (χ1v) is 18.1. The van der Waals surface area contributed by atoms with E-state index in [1.165, 1.54) is 15.6 Å². The topological polar surface area (TPSA) is 67.8 Å². The Balaban J connectivity index is 1.34. The number of nitrogens with zero attached hydrogens (tertiary/aromatic N) is 2. The van der Waals surface area contributed by atoms with Gasteiger partial charge in [-0.2, -0.15) is 0 Å². The van der Waals surface area contributed by atoms with Crippen LogP contribution in [0.25, 0.3) is 87.5 Å². The van der Waals surface area contributed by atoms with E-state index in [0.29, 0.717) is 11.4 Å². The molecule has 4 aromatic heterocycles. The molecule has 237 valence electrons. The van der Waals surface area contributed by atoms with E-state index in [1.54, 1.807) is 11.3 Å². The lowest BCUT2D eigenvalue weighted by atomic mass is 9.87. The molecule has 0 saturated carbocycles. The summed E-state index contributed by atoms with van der Waals surface area (Å²) in [4.78, 5) is 15.8. The molecule has 0 aliphatic carbocycles. The van der Waals surface area contributed by atoms with Gasteiger partial charge in [0.25, 0.3) is 6.39 Å². The van der Waals surface area contributed by atoms with E-state index in [9.17, 15) is 0 Å². The highest BCUT2D eigenvalue weighted by Gasteiger charge is 2.31. The average molecular weight is 681 g/mol. The lowest BCUT2D eigenvalue weighted by Gasteiger charge is -2.19. The van der Waals surface area contributed by atoms with Gasteiger partial charge in [0, 0.05) is 42.3 Å².